The quantitative estimate of drug-likeness (QED) is 0.719. The van der Waals surface area contributed by atoms with E-state index >= 15 is 0 Å². The second-order valence-electron chi connectivity index (χ2n) is 5.16. The van der Waals surface area contributed by atoms with Crippen molar-refractivity contribution in [3.8, 4) is 11.8 Å². The Labute approximate surface area is 95.7 Å². The Kier molecular flexibility index (Phi) is 4.55. The molecule has 0 aromatic rings. The maximum atomic E-state index is 10.6. The summed E-state index contributed by atoms with van der Waals surface area (Å²) in [7, 11) is 0. The lowest BCUT2D eigenvalue weighted by molar-refractivity contribution is -0.139. The van der Waals surface area contributed by atoms with Crippen LogP contribution in [0.25, 0.3) is 0 Å². The monoisotopic (exact) mass is 226 g/mol. The predicted octanol–water partition coefficient (Wildman–Crippen LogP) is 1.99. The summed E-state index contributed by atoms with van der Waals surface area (Å²) in [4.78, 5) is 21.1. The summed E-state index contributed by atoms with van der Waals surface area (Å²) in [5, 5.41) is 17.3. The Morgan fingerprint density at radius 3 is 1.31 bits per heavy atom. The van der Waals surface area contributed by atoms with Crippen LogP contribution in [-0.4, -0.2) is 22.2 Å². The molecule has 4 heteroatoms. The van der Waals surface area contributed by atoms with Gasteiger partial charge in [0.25, 0.3) is 0 Å². The van der Waals surface area contributed by atoms with Crippen molar-refractivity contribution in [2.75, 3.05) is 0 Å². The molecule has 0 aliphatic carbocycles. The van der Waals surface area contributed by atoms with Gasteiger partial charge in [0.05, 0.1) is 12.8 Å². The first-order valence-corrected chi connectivity index (χ1v) is 5.02. The van der Waals surface area contributed by atoms with Gasteiger partial charge in [0, 0.05) is 10.8 Å². The SMILES string of the molecule is CC(C)(C#CC(C)(C)CC(=O)O)CC(=O)O. The third kappa shape index (κ3) is 6.88. The van der Waals surface area contributed by atoms with E-state index in [2.05, 4.69) is 11.8 Å². The van der Waals surface area contributed by atoms with Gasteiger partial charge in [-0.1, -0.05) is 11.8 Å². The lowest BCUT2D eigenvalue weighted by Crippen LogP contribution is -2.18. The van der Waals surface area contributed by atoms with Crippen molar-refractivity contribution in [2.45, 2.75) is 40.5 Å². The molecule has 0 bridgehead atoms. The van der Waals surface area contributed by atoms with Gasteiger partial charge in [0.2, 0.25) is 0 Å². The van der Waals surface area contributed by atoms with E-state index in [-0.39, 0.29) is 12.8 Å². The normalized spacial score (nSPS) is 11.5. The van der Waals surface area contributed by atoms with Crippen LogP contribution in [0.2, 0.25) is 0 Å². The number of carboxylic acid groups (broad SMARTS) is 2. The fourth-order valence-corrected chi connectivity index (χ4v) is 1.18. The first kappa shape index (κ1) is 14.5. The van der Waals surface area contributed by atoms with Crippen molar-refractivity contribution < 1.29 is 19.8 Å². The zero-order chi connectivity index (χ0) is 13.0. The second-order valence-corrected chi connectivity index (χ2v) is 5.16. The molecule has 0 aliphatic heterocycles. The molecular formula is C12H18O4. The fraction of sp³-hybridized carbons (Fsp3) is 0.667. The number of hydrogen-bond donors (Lipinski definition) is 2. The topological polar surface area (TPSA) is 74.6 Å². The highest BCUT2D eigenvalue weighted by Gasteiger charge is 2.22. The van der Waals surface area contributed by atoms with Crippen molar-refractivity contribution >= 4 is 11.9 Å². The molecule has 0 saturated heterocycles. The Hall–Kier alpha value is -1.50. The van der Waals surface area contributed by atoms with Crippen LogP contribution in [0.5, 0.6) is 0 Å². The van der Waals surface area contributed by atoms with Gasteiger partial charge >= 0.3 is 11.9 Å². The number of carbonyl (C=O) groups is 2. The predicted molar refractivity (Wildman–Crippen MR) is 59.8 cm³/mol. The van der Waals surface area contributed by atoms with E-state index in [4.69, 9.17) is 10.2 Å². The van der Waals surface area contributed by atoms with E-state index in [1.54, 1.807) is 27.7 Å². The Morgan fingerprint density at radius 2 is 1.12 bits per heavy atom. The van der Waals surface area contributed by atoms with Crippen LogP contribution < -0.4 is 0 Å². The number of rotatable bonds is 4. The first-order valence-electron chi connectivity index (χ1n) is 5.02. The average molecular weight is 226 g/mol. The van der Waals surface area contributed by atoms with E-state index in [9.17, 15) is 9.59 Å². The molecule has 0 radical (unpaired) electrons. The van der Waals surface area contributed by atoms with E-state index in [0.717, 1.165) is 0 Å². The second kappa shape index (κ2) is 5.02. The van der Waals surface area contributed by atoms with E-state index in [0.29, 0.717) is 0 Å². The molecule has 0 aromatic carbocycles. The number of aliphatic carboxylic acids is 2. The van der Waals surface area contributed by atoms with Crippen molar-refractivity contribution in [2.24, 2.45) is 10.8 Å². The van der Waals surface area contributed by atoms with Gasteiger partial charge in [0.15, 0.2) is 0 Å². The maximum absolute atomic E-state index is 10.6. The Bertz CT molecular complexity index is 310. The standard InChI is InChI=1S/C12H18O4/c1-11(2,7-9(13)14)5-6-12(3,4)8-10(15)16/h7-8H2,1-4H3,(H,13,14)(H,15,16). The lowest BCUT2D eigenvalue weighted by Gasteiger charge is -2.18. The van der Waals surface area contributed by atoms with E-state index < -0.39 is 22.8 Å². The third-order valence-corrected chi connectivity index (χ3v) is 1.93. The summed E-state index contributed by atoms with van der Waals surface area (Å²) in [5.74, 6) is 3.87. The molecule has 90 valence electrons. The molecule has 0 amide bonds. The highest BCUT2D eigenvalue weighted by Crippen LogP contribution is 2.23. The molecule has 0 rings (SSSR count). The van der Waals surface area contributed by atoms with Crippen molar-refractivity contribution in [3.05, 3.63) is 0 Å². The molecule has 0 spiro atoms. The third-order valence-electron chi connectivity index (χ3n) is 1.93. The van der Waals surface area contributed by atoms with Crippen LogP contribution in [0, 0.1) is 22.7 Å². The summed E-state index contributed by atoms with van der Waals surface area (Å²) in [5.41, 5.74) is -1.27. The zero-order valence-electron chi connectivity index (χ0n) is 10.1. The Morgan fingerprint density at radius 1 is 0.875 bits per heavy atom. The van der Waals surface area contributed by atoms with E-state index in [1.165, 1.54) is 0 Å². The minimum Gasteiger partial charge on any atom is -0.481 e. The average Bonchev–Trinajstić information content (AvgIpc) is 1.96. The van der Waals surface area contributed by atoms with Crippen LogP contribution in [0.4, 0.5) is 0 Å². The van der Waals surface area contributed by atoms with Crippen LogP contribution >= 0.6 is 0 Å². The smallest absolute Gasteiger partial charge is 0.304 e. The first-order chi connectivity index (χ1) is 7.04. The van der Waals surface area contributed by atoms with Crippen LogP contribution in [0.1, 0.15) is 40.5 Å². The van der Waals surface area contributed by atoms with E-state index in [1.807, 2.05) is 0 Å². The summed E-state index contributed by atoms with van der Waals surface area (Å²) in [6.07, 6.45) is -0.105. The minimum absolute atomic E-state index is 0.0524. The summed E-state index contributed by atoms with van der Waals surface area (Å²) >= 11 is 0. The molecule has 0 aliphatic rings. The molecule has 0 unspecified atom stereocenters. The number of hydrogen-bond acceptors (Lipinski definition) is 2. The highest BCUT2D eigenvalue weighted by atomic mass is 16.4. The molecule has 0 fully saturated rings. The zero-order valence-corrected chi connectivity index (χ0v) is 10.1. The van der Waals surface area contributed by atoms with Gasteiger partial charge < -0.3 is 10.2 Å². The maximum Gasteiger partial charge on any atom is 0.304 e. The van der Waals surface area contributed by atoms with Gasteiger partial charge in [0.1, 0.15) is 0 Å². The van der Waals surface area contributed by atoms with Crippen LogP contribution in [-0.2, 0) is 9.59 Å². The molecule has 16 heavy (non-hydrogen) atoms. The fourth-order valence-electron chi connectivity index (χ4n) is 1.18. The molecule has 2 N–H and O–H groups in total. The van der Waals surface area contributed by atoms with Gasteiger partial charge in [-0.3, -0.25) is 9.59 Å². The number of carboxylic acids is 2. The van der Waals surface area contributed by atoms with Gasteiger partial charge in [-0.2, -0.15) is 0 Å². The van der Waals surface area contributed by atoms with Crippen LogP contribution in [0.15, 0.2) is 0 Å². The highest BCUT2D eigenvalue weighted by molar-refractivity contribution is 5.69. The molecule has 0 saturated carbocycles. The molecule has 0 aromatic heterocycles. The van der Waals surface area contributed by atoms with Crippen molar-refractivity contribution in [1.29, 1.82) is 0 Å². The summed E-state index contributed by atoms with van der Waals surface area (Å²) in [6.45, 7) is 6.91. The Balaban J connectivity index is 4.69. The minimum atomic E-state index is -0.907. The largest absolute Gasteiger partial charge is 0.481 e. The van der Waals surface area contributed by atoms with Crippen molar-refractivity contribution in [3.63, 3.8) is 0 Å². The van der Waals surface area contributed by atoms with Crippen LogP contribution in [0.3, 0.4) is 0 Å². The van der Waals surface area contributed by atoms with Crippen molar-refractivity contribution in [1.82, 2.24) is 0 Å². The van der Waals surface area contributed by atoms with Gasteiger partial charge in [-0.15, -0.1) is 0 Å². The molecule has 0 heterocycles. The summed E-state index contributed by atoms with van der Waals surface area (Å²) in [6, 6.07) is 0. The van der Waals surface area contributed by atoms with Gasteiger partial charge in [-0.25, -0.2) is 0 Å². The lowest BCUT2D eigenvalue weighted by atomic mass is 9.85. The molecule has 4 nitrogen and oxygen atoms in total. The summed E-state index contributed by atoms with van der Waals surface area (Å²) < 4.78 is 0. The molecule has 0 atom stereocenters. The van der Waals surface area contributed by atoms with Gasteiger partial charge in [-0.05, 0) is 27.7 Å². The molecular weight excluding hydrogens is 208 g/mol.